The molecule has 0 amide bonds. The van der Waals surface area contributed by atoms with Crippen LogP contribution in [-0.4, -0.2) is 24.1 Å². The van der Waals surface area contributed by atoms with Gasteiger partial charge in [0.25, 0.3) is 0 Å². The highest BCUT2D eigenvalue weighted by Gasteiger charge is 2.35. The molecule has 0 bridgehead atoms. The maximum absolute atomic E-state index is 5.92. The predicted octanol–water partition coefficient (Wildman–Crippen LogP) is 3.62. The Kier molecular flexibility index (Phi) is 9.58. The second kappa shape index (κ2) is 11.5. The summed E-state index contributed by atoms with van der Waals surface area (Å²) in [4.78, 5) is 9.13. The van der Waals surface area contributed by atoms with Gasteiger partial charge in [0.05, 0.1) is 0 Å². The van der Waals surface area contributed by atoms with E-state index in [1.807, 2.05) is 51.2 Å². The summed E-state index contributed by atoms with van der Waals surface area (Å²) in [7, 11) is 0. The molecule has 134 valence electrons. The second-order valence-corrected chi connectivity index (χ2v) is 5.70. The molecule has 1 spiro atoms. The van der Waals surface area contributed by atoms with E-state index in [2.05, 4.69) is 26.7 Å². The summed E-state index contributed by atoms with van der Waals surface area (Å²) >= 11 is 0. The van der Waals surface area contributed by atoms with E-state index in [-0.39, 0.29) is 5.66 Å². The summed E-state index contributed by atoms with van der Waals surface area (Å²) in [6.07, 6.45) is 18.8. The van der Waals surface area contributed by atoms with Crippen molar-refractivity contribution in [3.8, 4) is 0 Å². The van der Waals surface area contributed by atoms with Gasteiger partial charge in [-0.1, -0.05) is 56.7 Å². The van der Waals surface area contributed by atoms with Crippen LogP contribution in [0.25, 0.3) is 0 Å². The average molecular weight is 332 g/mol. The van der Waals surface area contributed by atoms with Gasteiger partial charge in [-0.2, -0.15) is 0 Å². The molecule has 2 rings (SSSR count). The topological polar surface area (TPSA) is 74.8 Å². The molecule has 2 aliphatic rings. The van der Waals surface area contributed by atoms with Gasteiger partial charge in [0.15, 0.2) is 11.9 Å². The molecule has 4 N–H and O–H groups in total. The molecule has 5 nitrogen and oxygen atoms in total. The summed E-state index contributed by atoms with van der Waals surface area (Å²) in [5.74, 6) is 1.23. The number of nitrogens with one attached hydrogen (secondary N) is 2. The monoisotopic (exact) mass is 331 g/mol. The van der Waals surface area contributed by atoms with E-state index < -0.39 is 0 Å². The van der Waals surface area contributed by atoms with Gasteiger partial charge in [0, 0.05) is 6.54 Å². The summed E-state index contributed by atoms with van der Waals surface area (Å²) in [5.41, 5.74) is 5.69. The zero-order valence-corrected chi connectivity index (χ0v) is 15.4. The van der Waals surface area contributed by atoms with Gasteiger partial charge < -0.3 is 11.1 Å². The highest BCUT2D eigenvalue weighted by atomic mass is 15.4. The number of aliphatic imine (C=N–C) groups is 2. The molecule has 0 aromatic carbocycles. The Bertz CT molecular complexity index is 494. The number of guanidine groups is 2. The van der Waals surface area contributed by atoms with Gasteiger partial charge in [-0.3, -0.25) is 10.3 Å². The Balaban J connectivity index is 0.00000139. The number of nitrogens with zero attached hydrogens (tertiary/aromatic N) is 2. The lowest BCUT2D eigenvalue weighted by Crippen LogP contribution is -2.61. The number of rotatable bonds is 5. The third-order valence-electron chi connectivity index (χ3n) is 3.84. The Morgan fingerprint density at radius 1 is 1.12 bits per heavy atom. The third kappa shape index (κ3) is 7.02. The molecule has 1 fully saturated rings. The molecule has 0 unspecified atom stereocenters. The van der Waals surface area contributed by atoms with Gasteiger partial charge in [-0.25, -0.2) is 4.99 Å². The van der Waals surface area contributed by atoms with E-state index in [4.69, 9.17) is 5.73 Å². The van der Waals surface area contributed by atoms with E-state index >= 15 is 0 Å². The largest absolute Gasteiger partial charge is 0.370 e. The van der Waals surface area contributed by atoms with Gasteiger partial charge in [0.1, 0.15) is 5.66 Å². The molecule has 0 radical (unpaired) electrons. The maximum Gasteiger partial charge on any atom is 0.200 e. The van der Waals surface area contributed by atoms with E-state index in [9.17, 15) is 0 Å². The van der Waals surface area contributed by atoms with Gasteiger partial charge in [0.2, 0.25) is 0 Å². The molecular weight excluding hydrogens is 298 g/mol. The van der Waals surface area contributed by atoms with Crippen LogP contribution in [0.2, 0.25) is 0 Å². The first-order valence-electron chi connectivity index (χ1n) is 9.14. The minimum atomic E-state index is -0.225. The van der Waals surface area contributed by atoms with Gasteiger partial charge in [-0.05, 0) is 39.0 Å². The summed E-state index contributed by atoms with van der Waals surface area (Å²) in [6.45, 7) is 6.73. The summed E-state index contributed by atoms with van der Waals surface area (Å²) in [5, 5.41) is 6.47. The van der Waals surface area contributed by atoms with Crippen molar-refractivity contribution in [1.29, 1.82) is 0 Å². The standard InChI is InChI=1S/C17H27N5.C2H6/c1-2-3-4-5-6-7-11-14-19-16-20-15(18)21-17(22-16)12-9-8-10-13-17;1-2/h2-7H,8-14H2,1H3,(H4,18,19,20,21,22);1-2H3/b3-2-,5-4-,7-6+;. The van der Waals surface area contributed by atoms with Gasteiger partial charge >= 0.3 is 0 Å². The van der Waals surface area contributed by atoms with Crippen molar-refractivity contribution in [2.45, 2.75) is 65.0 Å². The van der Waals surface area contributed by atoms with Crippen molar-refractivity contribution in [3.63, 3.8) is 0 Å². The van der Waals surface area contributed by atoms with Crippen molar-refractivity contribution >= 4 is 11.9 Å². The SMILES string of the molecule is CC.C\C=C/C=C\C=C\CCN=C1NC(N)=NC2(CCCCC2)N1. The van der Waals surface area contributed by atoms with Crippen LogP contribution in [0.15, 0.2) is 46.4 Å². The molecule has 5 heteroatoms. The molecule has 1 aliphatic heterocycles. The average Bonchev–Trinajstić information content (AvgIpc) is 2.59. The predicted molar refractivity (Wildman–Crippen MR) is 105 cm³/mol. The fraction of sp³-hybridized carbons (Fsp3) is 0.579. The molecule has 0 saturated heterocycles. The molecule has 0 aromatic rings. The van der Waals surface area contributed by atoms with Crippen LogP contribution in [-0.2, 0) is 0 Å². The second-order valence-electron chi connectivity index (χ2n) is 5.70. The van der Waals surface area contributed by atoms with Crippen molar-refractivity contribution < 1.29 is 0 Å². The minimum Gasteiger partial charge on any atom is -0.370 e. The van der Waals surface area contributed by atoms with Crippen LogP contribution in [0.1, 0.15) is 59.3 Å². The Morgan fingerprint density at radius 3 is 2.54 bits per heavy atom. The Hall–Kier alpha value is -2.04. The highest BCUT2D eigenvalue weighted by molar-refractivity contribution is 6.00. The van der Waals surface area contributed by atoms with Crippen LogP contribution < -0.4 is 16.4 Å². The number of nitrogens with two attached hydrogens (primary N) is 1. The summed E-state index contributed by atoms with van der Waals surface area (Å²) < 4.78 is 0. The van der Waals surface area contributed by atoms with E-state index in [0.717, 1.165) is 31.8 Å². The van der Waals surface area contributed by atoms with Crippen molar-refractivity contribution in [2.75, 3.05) is 6.54 Å². The molecule has 1 aliphatic carbocycles. The smallest absolute Gasteiger partial charge is 0.200 e. The Morgan fingerprint density at radius 2 is 1.83 bits per heavy atom. The van der Waals surface area contributed by atoms with Crippen LogP contribution >= 0.6 is 0 Å². The molecule has 1 saturated carbocycles. The van der Waals surface area contributed by atoms with E-state index in [1.165, 1.54) is 19.3 Å². The van der Waals surface area contributed by atoms with Crippen LogP contribution in [0.4, 0.5) is 0 Å². The quantitative estimate of drug-likeness (QED) is 0.532. The lowest BCUT2D eigenvalue weighted by Gasteiger charge is -2.38. The summed E-state index contributed by atoms with van der Waals surface area (Å²) in [6, 6.07) is 0. The highest BCUT2D eigenvalue weighted by Crippen LogP contribution is 2.30. The first kappa shape index (κ1) is 20.0. The van der Waals surface area contributed by atoms with Crippen LogP contribution in [0.5, 0.6) is 0 Å². The molecule has 1 heterocycles. The fourth-order valence-corrected chi connectivity index (χ4v) is 2.78. The minimum absolute atomic E-state index is 0.225. The van der Waals surface area contributed by atoms with E-state index in [1.54, 1.807) is 0 Å². The number of hydrogen-bond acceptors (Lipinski definition) is 3. The first-order valence-corrected chi connectivity index (χ1v) is 9.14. The van der Waals surface area contributed by atoms with E-state index in [0.29, 0.717) is 5.96 Å². The Labute approximate surface area is 146 Å². The zero-order valence-electron chi connectivity index (χ0n) is 15.4. The normalized spacial score (nSPS) is 21.6. The van der Waals surface area contributed by atoms with Crippen LogP contribution in [0.3, 0.4) is 0 Å². The number of hydrogen-bond donors (Lipinski definition) is 3. The first-order chi connectivity index (χ1) is 11.7. The van der Waals surface area contributed by atoms with Gasteiger partial charge in [-0.15, -0.1) is 0 Å². The lowest BCUT2D eigenvalue weighted by molar-refractivity contribution is 0.270. The maximum atomic E-state index is 5.92. The fourth-order valence-electron chi connectivity index (χ4n) is 2.78. The van der Waals surface area contributed by atoms with Crippen molar-refractivity contribution in [3.05, 3.63) is 36.5 Å². The lowest BCUT2D eigenvalue weighted by atomic mass is 9.89. The third-order valence-corrected chi connectivity index (χ3v) is 3.84. The van der Waals surface area contributed by atoms with Crippen LogP contribution in [0, 0.1) is 0 Å². The van der Waals surface area contributed by atoms with Crippen molar-refractivity contribution in [2.24, 2.45) is 15.7 Å². The van der Waals surface area contributed by atoms with Crippen molar-refractivity contribution in [1.82, 2.24) is 10.6 Å². The molecule has 0 atom stereocenters. The molecule has 24 heavy (non-hydrogen) atoms. The number of allylic oxidation sites excluding steroid dienone is 5. The molecule has 0 aromatic heterocycles. The zero-order chi connectivity index (χ0) is 17.7. The molecular formula is C19H33N5.